The second-order valence-electron chi connectivity index (χ2n) is 28.0. The highest BCUT2D eigenvalue weighted by atomic mass is 31.2. The van der Waals surface area contributed by atoms with Crippen LogP contribution in [0.15, 0.2) is 0 Å². The minimum Gasteiger partial charge on any atom is -0.462 e. The van der Waals surface area contributed by atoms with Gasteiger partial charge in [0, 0.05) is 25.7 Å². The van der Waals surface area contributed by atoms with Gasteiger partial charge in [0.2, 0.25) is 0 Å². The molecule has 0 aromatic rings. The molecule has 0 aromatic carbocycles. The van der Waals surface area contributed by atoms with Crippen molar-refractivity contribution in [3.63, 3.8) is 0 Å². The Morgan fingerprint density at radius 3 is 0.723 bits per heavy atom. The van der Waals surface area contributed by atoms with E-state index in [1.807, 2.05) is 0 Å². The van der Waals surface area contributed by atoms with Crippen LogP contribution in [-0.2, 0) is 65.4 Å². The van der Waals surface area contributed by atoms with Crippen molar-refractivity contribution in [1.82, 2.24) is 0 Å². The summed E-state index contributed by atoms with van der Waals surface area (Å²) in [6.45, 7) is 9.59. The summed E-state index contributed by atoms with van der Waals surface area (Å²) in [5.74, 6) is -0.592. The topological polar surface area (TPSA) is 237 Å². The lowest BCUT2D eigenvalue weighted by Crippen LogP contribution is -2.30. The molecule has 17 nitrogen and oxygen atoms in total. The molecule has 0 heterocycles. The van der Waals surface area contributed by atoms with Crippen molar-refractivity contribution in [1.29, 1.82) is 0 Å². The maximum Gasteiger partial charge on any atom is 0.472 e. The number of rotatable bonds is 74. The summed E-state index contributed by atoms with van der Waals surface area (Å²) in [7, 11) is -9.91. The van der Waals surface area contributed by atoms with Gasteiger partial charge in [0.1, 0.15) is 19.3 Å². The molecule has 0 radical (unpaired) electrons. The van der Waals surface area contributed by atoms with Gasteiger partial charge in [0.05, 0.1) is 26.4 Å². The summed E-state index contributed by atoms with van der Waals surface area (Å²) in [5.41, 5.74) is 0. The van der Waals surface area contributed by atoms with Crippen molar-refractivity contribution in [2.45, 2.75) is 407 Å². The number of esters is 4. The summed E-state index contributed by atoms with van der Waals surface area (Å²) in [5, 5.41) is 10.6. The Bertz CT molecular complexity index is 1820. The molecule has 0 aromatic heterocycles. The fourth-order valence-corrected chi connectivity index (χ4v) is 13.1. The van der Waals surface area contributed by atoms with Gasteiger partial charge in [-0.2, -0.15) is 0 Å². The van der Waals surface area contributed by atoms with Crippen molar-refractivity contribution in [3.8, 4) is 0 Å². The van der Waals surface area contributed by atoms with Crippen LogP contribution in [0.2, 0.25) is 0 Å². The standard InChI is InChI=1S/C75H146O17P2/c1-7-9-11-13-15-17-19-21-24-28-34-40-46-52-58-73(78)86-63-70(91-74(79)59-53-47-41-35-29-25-22-23-26-31-37-43-49-55-67(3)4)65-89-93(81,82)87-61-69(76)62-88-94(83,84)90-66-71(92-75(80)60-54-48-42-36-30-32-38-44-50-56-68(5)6)64-85-72(77)57-51-45-39-33-27-20-18-16-14-12-10-8-2/h67-71,76H,7-66H2,1-6H3,(H,81,82)(H,83,84)/t69-,70-,71-/m1/s1. The van der Waals surface area contributed by atoms with Gasteiger partial charge in [0.15, 0.2) is 12.2 Å². The lowest BCUT2D eigenvalue weighted by Gasteiger charge is -2.21. The van der Waals surface area contributed by atoms with E-state index in [2.05, 4.69) is 41.5 Å². The Labute approximate surface area is 575 Å². The number of hydrogen-bond acceptors (Lipinski definition) is 15. The van der Waals surface area contributed by atoms with Gasteiger partial charge >= 0.3 is 39.5 Å². The minimum absolute atomic E-state index is 0.106. The monoisotopic (exact) mass is 1380 g/mol. The highest BCUT2D eigenvalue weighted by Crippen LogP contribution is 2.45. The van der Waals surface area contributed by atoms with Crippen molar-refractivity contribution in [2.24, 2.45) is 11.8 Å². The number of ether oxygens (including phenoxy) is 4. The van der Waals surface area contributed by atoms with E-state index < -0.39 is 97.5 Å². The largest absolute Gasteiger partial charge is 0.472 e. The average molecular weight is 1380 g/mol. The molecule has 0 fully saturated rings. The quantitative estimate of drug-likeness (QED) is 0.0222. The van der Waals surface area contributed by atoms with Gasteiger partial charge in [-0.25, -0.2) is 9.13 Å². The van der Waals surface area contributed by atoms with Crippen molar-refractivity contribution in [2.75, 3.05) is 39.6 Å². The third-order valence-corrected chi connectivity index (χ3v) is 19.4. The zero-order valence-electron chi connectivity index (χ0n) is 61.3. The molecule has 5 atom stereocenters. The Morgan fingerprint density at radius 2 is 0.489 bits per heavy atom. The predicted molar refractivity (Wildman–Crippen MR) is 381 cm³/mol. The Balaban J connectivity index is 5.26. The van der Waals surface area contributed by atoms with E-state index in [9.17, 15) is 43.2 Å². The van der Waals surface area contributed by atoms with Crippen LogP contribution in [0.4, 0.5) is 0 Å². The molecule has 0 amide bonds. The lowest BCUT2D eigenvalue weighted by molar-refractivity contribution is -0.161. The van der Waals surface area contributed by atoms with Crippen LogP contribution < -0.4 is 0 Å². The number of phosphoric ester groups is 2. The summed E-state index contributed by atoms with van der Waals surface area (Å²) in [6, 6.07) is 0. The van der Waals surface area contributed by atoms with Crippen LogP contribution in [0.3, 0.4) is 0 Å². The maximum atomic E-state index is 13.1. The first-order valence-corrected chi connectivity index (χ1v) is 42.0. The van der Waals surface area contributed by atoms with Gasteiger partial charge in [-0.15, -0.1) is 0 Å². The lowest BCUT2D eigenvalue weighted by atomic mass is 10.0. The highest BCUT2D eigenvalue weighted by Gasteiger charge is 2.30. The summed E-state index contributed by atoms with van der Waals surface area (Å²) < 4.78 is 68.5. The number of aliphatic hydroxyl groups excluding tert-OH is 1. The molecule has 0 spiro atoms. The molecule has 0 rings (SSSR count). The number of carbonyl (C=O) groups excluding carboxylic acids is 4. The van der Waals surface area contributed by atoms with Crippen molar-refractivity contribution < 1.29 is 80.2 Å². The summed E-state index contributed by atoms with van der Waals surface area (Å²) >= 11 is 0. The Hall–Kier alpha value is -1.94. The van der Waals surface area contributed by atoms with E-state index in [0.29, 0.717) is 25.7 Å². The molecule has 0 aliphatic heterocycles. The van der Waals surface area contributed by atoms with E-state index in [1.165, 1.54) is 205 Å². The molecule has 0 saturated heterocycles. The average Bonchev–Trinajstić information content (AvgIpc) is 1.81. The minimum atomic E-state index is -4.96. The van der Waals surface area contributed by atoms with Gasteiger partial charge < -0.3 is 33.8 Å². The molecule has 0 aliphatic rings. The number of carbonyl (C=O) groups is 4. The fourth-order valence-electron chi connectivity index (χ4n) is 11.5. The Kier molecular flexibility index (Phi) is 65.5. The first-order chi connectivity index (χ1) is 45.4. The number of aliphatic hydroxyl groups is 1. The van der Waals surface area contributed by atoms with E-state index in [1.54, 1.807) is 0 Å². The van der Waals surface area contributed by atoms with E-state index in [4.69, 9.17) is 37.0 Å². The summed E-state index contributed by atoms with van der Waals surface area (Å²) in [4.78, 5) is 72.8. The van der Waals surface area contributed by atoms with Crippen LogP contribution in [-0.4, -0.2) is 96.7 Å². The van der Waals surface area contributed by atoms with Gasteiger partial charge in [-0.05, 0) is 37.5 Å². The van der Waals surface area contributed by atoms with E-state index >= 15 is 0 Å². The number of phosphoric acid groups is 2. The third kappa shape index (κ3) is 68.6. The first kappa shape index (κ1) is 92.1. The molecule has 0 aliphatic carbocycles. The Morgan fingerprint density at radius 1 is 0.287 bits per heavy atom. The fraction of sp³-hybridized carbons (Fsp3) is 0.947. The first-order valence-electron chi connectivity index (χ1n) is 39.0. The number of hydrogen-bond donors (Lipinski definition) is 3. The zero-order valence-corrected chi connectivity index (χ0v) is 63.1. The van der Waals surface area contributed by atoms with Gasteiger partial charge in [-0.3, -0.25) is 37.3 Å². The molecule has 94 heavy (non-hydrogen) atoms. The molecule has 0 bridgehead atoms. The maximum absolute atomic E-state index is 13.1. The van der Waals surface area contributed by atoms with Gasteiger partial charge in [0.25, 0.3) is 0 Å². The molecular weight excluding hydrogens is 1230 g/mol. The molecule has 0 saturated carbocycles. The zero-order chi connectivity index (χ0) is 69.3. The van der Waals surface area contributed by atoms with Crippen LogP contribution in [0.1, 0.15) is 388 Å². The predicted octanol–water partition coefficient (Wildman–Crippen LogP) is 21.9. The van der Waals surface area contributed by atoms with Crippen LogP contribution >= 0.6 is 15.6 Å². The van der Waals surface area contributed by atoms with E-state index in [-0.39, 0.29) is 25.7 Å². The van der Waals surface area contributed by atoms with Crippen molar-refractivity contribution in [3.05, 3.63) is 0 Å². The number of unbranched alkanes of at least 4 members (excludes halogenated alkanes) is 44. The molecule has 558 valence electrons. The smallest absolute Gasteiger partial charge is 0.462 e. The second-order valence-corrected chi connectivity index (χ2v) is 30.9. The normalized spacial score (nSPS) is 14.0. The molecular formula is C75H146O17P2. The highest BCUT2D eigenvalue weighted by molar-refractivity contribution is 7.47. The van der Waals surface area contributed by atoms with Crippen LogP contribution in [0.5, 0.6) is 0 Å². The SMILES string of the molecule is CCCCCCCCCCCCCCCCC(=O)OC[C@H](COP(=O)(O)OC[C@@H](O)COP(=O)(O)OC[C@@H](COC(=O)CCCCCCCCCCCCCC)OC(=O)CCCCCCCCCCCC(C)C)OC(=O)CCCCCCCCCCCCCCCC(C)C. The van der Waals surface area contributed by atoms with Gasteiger partial charge in [-0.1, -0.05) is 337 Å². The second kappa shape index (κ2) is 66.9. The van der Waals surface area contributed by atoms with Crippen LogP contribution in [0, 0.1) is 11.8 Å². The van der Waals surface area contributed by atoms with Crippen LogP contribution in [0.25, 0.3) is 0 Å². The molecule has 19 heteroatoms. The summed E-state index contributed by atoms with van der Waals surface area (Å²) in [6.07, 6.45) is 53.9. The van der Waals surface area contributed by atoms with Crippen molar-refractivity contribution >= 4 is 39.5 Å². The molecule has 2 unspecified atom stereocenters. The third-order valence-electron chi connectivity index (χ3n) is 17.5. The van der Waals surface area contributed by atoms with E-state index in [0.717, 1.165) is 102 Å². The molecule has 3 N–H and O–H groups in total.